The highest BCUT2D eigenvalue weighted by molar-refractivity contribution is 7.88. The fraction of sp³-hybridized carbons (Fsp3) is 0.800. The molecule has 12 heavy (non-hydrogen) atoms. The zero-order valence-corrected chi connectivity index (χ0v) is 7.47. The molecule has 6 nitrogen and oxygen atoms in total. The highest BCUT2D eigenvalue weighted by Gasteiger charge is 2.11. The topological polar surface area (TPSA) is 109 Å². The van der Waals surface area contributed by atoms with E-state index in [2.05, 4.69) is 4.72 Å². The summed E-state index contributed by atoms with van der Waals surface area (Å²) in [5, 5.41) is 8.31. The lowest BCUT2D eigenvalue weighted by Crippen LogP contribution is -2.35. The van der Waals surface area contributed by atoms with Crippen LogP contribution in [0.15, 0.2) is 0 Å². The third-order valence-electron chi connectivity index (χ3n) is 1.14. The van der Waals surface area contributed by atoms with Gasteiger partial charge >= 0.3 is 5.97 Å². The molecule has 0 spiro atoms. The van der Waals surface area contributed by atoms with E-state index in [1.165, 1.54) is 0 Å². The maximum absolute atomic E-state index is 10.5. The van der Waals surface area contributed by atoms with Gasteiger partial charge < -0.3 is 10.8 Å². The molecular weight excluding hydrogens is 184 g/mol. The maximum Gasteiger partial charge on any atom is 0.320 e. The Morgan fingerprint density at radius 2 is 2.17 bits per heavy atom. The molecule has 0 fully saturated rings. The number of sulfonamides is 1. The van der Waals surface area contributed by atoms with Gasteiger partial charge in [0.15, 0.2) is 0 Å². The minimum atomic E-state index is -3.24. The molecule has 0 saturated carbocycles. The van der Waals surface area contributed by atoms with Crippen LogP contribution in [0.4, 0.5) is 0 Å². The Morgan fingerprint density at radius 3 is 2.50 bits per heavy atom. The zero-order chi connectivity index (χ0) is 9.78. The number of carboxylic acid groups (broad SMARTS) is 1. The van der Waals surface area contributed by atoms with Crippen molar-refractivity contribution in [1.29, 1.82) is 0 Å². The molecule has 0 radical (unpaired) electrons. The van der Waals surface area contributed by atoms with Crippen LogP contribution in [0.5, 0.6) is 0 Å². The Morgan fingerprint density at radius 1 is 1.67 bits per heavy atom. The Labute approximate surface area is 70.8 Å². The number of rotatable bonds is 5. The molecule has 7 heteroatoms. The molecular formula is C5H12N2O4S. The zero-order valence-electron chi connectivity index (χ0n) is 6.65. The van der Waals surface area contributed by atoms with Gasteiger partial charge in [-0.2, -0.15) is 0 Å². The normalized spacial score (nSPS) is 14.2. The summed E-state index contributed by atoms with van der Waals surface area (Å²) in [6, 6.07) is -1.01. The van der Waals surface area contributed by atoms with E-state index in [1.54, 1.807) is 0 Å². The molecule has 1 atom stereocenters. The van der Waals surface area contributed by atoms with Crippen molar-refractivity contribution >= 4 is 16.0 Å². The SMILES string of the molecule is CS(=O)(=O)NCC[C@H](N)C(=O)O. The van der Waals surface area contributed by atoms with Gasteiger partial charge in [0.1, 0.15) is 6.04 Å². The standard InChI is InChI=1S/C5H12N2O4S/c1-12(10,11)7-3-2-4(6)5(8)9/h4,7H,2-3,6H2,1H3,(H,8,9)/t4-/m0/s1. The largest absolute Gasteiger partial charge is 0.480 e. The fourth-order valence-electron chi connectivity index (χ4n) is 0.523. The van der Waals surface area contributed by atoms with Crippen molar-refractivity contribution in [3.63, 3.8) is 0 Å². The molecule has 0 aromatic carbocycles. The first-order valence-electron chi connectivity index (χ1n) is 3.26. The molecule has 72 valence electrons. The van der Waals surface area contributed by atoms with E-state index in [0.717, 1.165) is 6.26 Å². The molecule has 0 aliphatic heterocycles. The first-order valence-corrected chi connectivity index (χ1v) is 5.15. The summed E-state index contributed by atoms with van der Waals surface area (Å²) < 4.78 is 23.1. The Balaban J connectivity index is 3.65. The number of carboxylic acids is 1. The summed E-state index contributed by atoms with van der Waals surface area (Å²) in [4.78, 5) is 10.2. The third-order valence-corrected chi connectivity index (χ3v) is 1.87. The van der Waals surface area contributed by atoms with Crippen molar-refractivity contribution in [2.75, 3.05) is 12.8 Å². The average molecular weight is 196 g/mol. The molecule has 0 unspecified atom stereocenters. The molecule has 0 saturated heterocycles. The number of aliphatic carboxylic acids is 1. The van der Waals surface area contributed by atoms with E-state index < -0.39 is 22.0 Å². The summed E-state index contributed by atoms with van der Waals surface area (Å²) in [5.74, 6) is -1.13. The van der Waals surface area contributed by atoms with Crippen LogP contribution in [0.3, 0.4) is 0 Å². The molecule has 0 aromatic heterocycles. The molecule has 0 aliphatic carbocycles. The summed E-state index contributed by atoms with van der Waals surface area (Å²) in [6.45, 7) is 0.0479. The molecule has 0 aromatic rings. The van der Waals surface area contributed by atoms with Gasteiger partial charge in [0, 0.05) is 6.54 Å². The second kappa shape index (κ2) is 4.39. The molecule has 0 amide bonds. The van der Waals surface area contributed by atoms with Crippen LogP contribution in [-0.4, -0.2) is 38.3 Å². The highest BCUT2D eigenvalue weighted by atomic mass is 32.2. The summed E-state index contributed by atoms with van der Waals surface area (Å²) in [7, 11) is -3.24. The van der Waals surface area contributed by atoms with Crippen LogP contribution in [0, 0.1) is 0 Å². The minimum absolute atomic E-state index is 0.0479. The van der Waals surface area contributed by atoms with Crippen LogP contribution in [-0.2, 0) is 14.8 Å². The number of carbonyl (C=O) groups is 1. The average Bonchev–Trinajstić information content (AvgIpc) is 1.84. The summed E-state index contributed by atoms with van der Waals surface area (Å²) >= 11 is 0. The predicted molar refractivity (Wildman–Crippen MR) is 43.1 cm³/mol. The van der Waals surface area contributed by atoms with E-state index in [1.807, 2.05) is 0 Å². The van der Waals surface area contributed by atoms with Crippen LogP contribution in [0.1, 0.15) is 6.42 Å². The lowest BCUT2D eigenvalue weighted by atomic mass is 10.2. The number of hydrogen-bond acceptors (Lipinski definition) is 4. The maximum atomic E-state index is 10.5. The van der Waals surface area contributed by atoms with E-state index in [4.69, 9.17) is 10.8 Å². The molecule has 4 N–H and O–H groups in total. The lowest BCUT2D eigenvalue weighted by Gasteiger charge is -2.05. The van der Waals surface area contributed by atoms with Crippen LogP contribution in [0.2, 0.25) is 0 Å². The van der Waals surface area contributed by atoms with Crippen LogP contribution < -0.4 is 10.5 Å². The Kier molecular flexibility index (Phi) is 4.15. The number of hydrogen-bond donors (Lipinski definition) is 3. The quantitative estimate of drug-likeness (QED) is 0.487. The van der Waals surface area contributed by atoms with Crippen molar-refractivity contribution in [1.82, 2.24) is 4.72 Å². The van der Waals surface area contributed by atoms with Gasteiger partial charge in [0.05, 0.1) is 6.26 Å². The second-order valence-electron chi connectivity index (χ2n) is 2.40. The monoisotopic (exact) mass is 196 g/mol. The van der Waals surface area contributed by atoms with Gasteiger partial charge in [-0.3, -0.25) is 4.79 Å². The highest BCUT2D eigenvalue weighted by Crippen LogP contribution is 1.86. The second-order valence-corrected chi connectivity index (χ2v) is 4.23. The predicted octanol–water partition coefficient (Wildman–Crippen LogP) is -1.66. The Bertz CT molecular complexity index is 248. The lowest BCUT2D eigenvalue weighted by molar-refractivity contribution is -0.138. The van der Waals surface area contributed by atoms with E-state index >= 15 is 0 Å². The van der Waals surface area contributed by atoms with Gasteiger partial charge in [-0.15, -0.1) is 0 Å². The van der Waals surface area contributed by atoms with E-state index in [9.17, 15) is 13.2 Å². The van der Waals surface area contributed by atoms with Gasteiger partial charge in [0.25, 0.3) is 0 Å². The number of nitrogens with one attached hydrogen (secondary N) is 1. The van der Waals surface area contributed by atoms with Crippen molar-refractivity contribution in [3.05, 3.63) is 0 Å². The summed E-state index contributed by atoms with van der Waals surface area (Å²) in [6.07, 6.45) is 1.09. The Hall–Kier alpha value is -0.660. The van der Waals surface area contributed by atoms with Crippen molar-refractivity contribution in [3.8, 4) is 0 Å². The summed E-state index contributed by atoms with van der Waals surface area (Å²) in [5.41, 5.74) is 5.11. The minimum Gasteiger partial charge on any atom is -0.480 e. The molecule has 0 rings (SSSR count). The third kappa shape index (κ3) is 6.08. The van der Waals surface area contributed by atoms with E-state index in [0.29, 0.717) is 0 Å². The molecule has 0 aliphatic rings. The van der Waals surface area contributed by atoms with Gasteiger partial charge in [-0.1, -0.05) is 0 Å². The van der Waals surface area contributed by atoms with Crippen LogP contribution in [0.25, 0.3) is 0 Å². The van der Waals surface area contributed by atoms with Gasteiger partial charge in [-0.05, 0) is 6.42 Å². The van der Waals surface area contributed by atoms with Gasteiger partial charge in [-0.25, -0.2) is 13.1 Å². The first-order chi connectivity index (χ1) is 5.33. The molecule has 0 heterocycles. The van der Waals surface area contributed by atoms with Crippen LogP contribution >= 0.6 is 0 Å². The van der Waals surface area contributed by atoms with Crippen molar-refractivity contribution < 1.29 is 18.3 Å². The van der Waals surface area contributed by atoms with Gasteiger partial charge in [0.2, 0.25) is 10.0 Å². The fourth-order valence-corrected chi connectivity index (χ4v) is 1.01. The van der Waals surface area contributed by atoms with Crippen molar-refractivity contribution in [2.45, 2.75) is 12.5 Å². The molecule has 0 bridgehead atoms. The first kappa shape index (κ1) is 11.3. The smallest absolute Gasteiger partial charge is 0.320 e. The van der Waals surface area contributed by atoms with Crippen molar-refractivity contribution in [2.24, 2.45) is 5.73 Å². The number of nitrogens with two attached hydrogens (primary N) is 1. The van der Waals surface area contributed by atoms with E-state index in [-0.39, 0.29) is 13.0 Å².